The smallest absolute Gasteiger partial charge is 0.261 e. The lowest BCUT2D eigenvalue weighted by Crippen LogP contribution is -2.41. The molecule has 1 aromatic heterocycles. The van der Waals surface area contributed by atoms with Crippen molar-refractivity contribution >= 4 is 5.91 Å². The highest BCUT2D eigenvalue weighted by atomic mass is 16.5. The van der Waals surface area contributed by atoms with E-state index in [9.17, 15) is 10.1 Å². The maximum absolute atomic E-state index is 12.8. The number of hydrogen-bond donors (Lipinski definition) is 1. The zero-order chi connectivity index (χ0) is 23.6. The van der Waals surface area contributed by atoms with Crippen LogP contribution in [0.5, 0.6) is 23.1 Å². The summed E-state index contributed by atoms with van der Waals surface area (Å²) in [6.45, 7) is 6.53. The van der Waals surface area contributed by atoms with Crippen molar-refractivity contribution in [2.45, 2.75) is 33.4 Å². The van der Waals surface area contributed by atoms with Crippen LogP contribution in [0.15, 0.2) is 66.9 Å². The van der Waals surface area contributed by atoms with Gasteiger partial charge in [-0.2, -0.15) is 5.26 Å². The lowest BCUT2D eigenvalue weighted by molar-refractivity contribution is -0.130. The average Bonchev–Trinajstić information content (AvgIpc) is 2.83. The van der Waals surface area contributed by atoms with Crippen LogP contribution >= 0.6 is 0 Å². The van der Waals surface area contributed by atoms with Crippen molar-refractivity contribution in [3.8, 4) is 29.2 Å². The number of nitrogens with zero attached hydrogens (tertiary/aromatic N) is 2. The number of para-hydroxylation sites is 3. The molecule has 3 aromatic rings. The third-order valence-corrected chi connectivity index (χ3v) is 4.75. The van der Waals surface area contributed by atoms with E-state index in [2.05, 4.69) is 16.4 Å². The Bertz CT molecular complexity index is 1110. The Hall–Kier alpha value is -4.05. The van der Waals surface area contributed by atoms with Crippen LogP contribution in [0.25, 0.3) is 0 Å². The number of amides is 1. The van der Waals surface area contributed by atoms with Gasteiger partial charge in [-0.05, 0) is 42.7 Å². The number of rotatable bonds is 10. The molecule has 1 unspecified atom stereocenters. The van der Waals surface area contributed by atoms with Gasteiger partial charge in [0.1, 0.15) is 11.8 Å². The fourth-order valence-electron chi connectivity index (χ4n) is 3.08. The molecule has 0 saturated heterocycles. The zero-order valence-electron chi connectivity index (χ0n) is 18.9. The maximum Gasteiger partial charge on any atom is 0.261 e. The van der Waals surface area contributed by atoms with Crippen LogP contribution in [0.2, 0.25) is 0 Å². The topological polar surface area (TPSA) is 93.5 Å². The van der Waals surface area contributed by atoms with Gasteiger partial charge >= 0.3 is 0 Å². The number of pyridine rings is 1. The van der Waals surface area contributed by atoms with Gasteiger partial charge in [0.25, 0.3) is 5.91 Å². The van der Waals surface area contributed by atoms with E-state index in [1.807, 2.05) is 51.1 Å². The first kappa shape index (κ1) is 23.6. The molecule has 2 aromatic carbocycles. The molecule has 170 valence electrons. The van der Waals surface area contributed by atoms with Gasteiger partial charge in [-0.3, -0.25) is 4.79 Å². The molecule has 1 N–H and O–H groups in total. The fourth-order valence-corrected chi connectivity index (χ4v) is 3.08. The molecule has 0 fully saturated rings. The van der Waals surface area contributed by atoms with Crippen molar-refractivity contribution in [3.05, 3.63) is 78.0 Å². The Morgan fingerprint density at radius 2 is 1.73 bits per heavy atom. The van der Waals surface area contributed by atoms with Gasteiger partial charge in [0, 0.05) is 18.8 Å². The van der Waals surface area contributed by atoms with Crippen LogP contribution in [0.4, 0.5) is 0 Å². The van der Waals surface area contributed by atoms with Gasteiger partial charge in [0.2, 0.25) is 5.88 Å². The summed E-state index contributed by atoms with van der Waals surface area (Å²) in [6, 6.07) is 19.9. The molecule has 0 saturated carbocycles. The molecule has 7 nitrogen and oxygen atoms in total. The van der Waals surface area contributed by atoms with Gasteiger partial charge in [-0.1, -0.05) is 44.2 Å². The van der Waals surface area contributed by atoms with Crippen LogP contribution in [0, 0.1) is 17.2 Å². The van der Waals surface area contributed by atoms with Gasteiger partial charge in [-0.25, -0.2) is 4.98 Å². The van der Waals surface area contributed by atoms with Gasteiger partial charge in [-0.15, -0.1) is 0 Å². The van der Waals surface area contributed by atoms with Gasteiger partial charge in [0.05, 0.1) is 12.2 Å². The van der Waals surface area contributed by atoms with Crippen LogP contribution in [0.1, 0.15) is 31.9 Å². The molecular weight excluding hydrogens is 418 g/mol. The number of nitriles is 1. The predicted octanol–water partition coefficient (Wildman–Crippen LogP) is 4.86. The highest BCUT2D eigenvalue weighted by Crippen LogP contribution is 2.30. The lowest BCUT2D eigenvalue weighted by atomic mass is 10.1. The summed E-state index contributed by atoms with van der Waals surface area (Å²) < 4.78 is 17.3. The fraction of sp³-hybridized carbons (Fsp3) is 0.269. The van der Waals surface area contributed by atoms with Crippen LogP contribution in [-0.2, 0) is 11.3 Å². The molecule has 7 heteroatoms. The van der Waals surface area contributed by atoms with Crippen molar-refractivity contribution in [1.29, 1.82) is 5.26 Å². The van der Waals surface area contributed by atoms with E-state index in [1.54, 1.807) is 36.5 Å². The summed E-state index contributed by atoms with van der Waals surface area (Å²) in [7, 11) is 0. The van der Waals surface area contributed by atoms with E-state index in [-0.39, 0.29) is 18.4 Å². The largest absolute Gasteiger partial charge is 0.490 e. The SMILES string of the molecule is CCOc1ccccc1Oc1ccc(CNC(=O)C(Oc2ccccc2C#N)C(C)C)cn1. The van der Waals surface area contributed by atoms with Crippen LogP contribution < -0.4 is 19.5 Å². The van der Waals surface area contributed by atoms with Crippen molar-refractivity contribution in [2.24, 2.45) is 5.92 Å². The van der Waals surface area contributed by atoms with Crippen molar-refractivity contribution < 1.29 is 19.0 Å². The Kier molecular flexibility index (Phi) is 8.25. The first-order chi connectivity index (χ1) is 16.0. The molecule has 1 heterocycles. The van der Waals surface area contributed by atoms with E-state index in [1.165, 1.54) is 0 Å². The summed E-state index contributed by atoms with van der Waals surface area (Å²) in [5.74, 6) is 1.70. The summed E-state index contributed by atoms with van der Waals surface area (Å²) in [5, 5.41) is 12.1. The van der Waals surface area contributed by atoms with E-state index in [0.717, 1.165) is 5.56 Å². The minimum absolute atomic E-state index is 0.0870. The molecule has 1 atom stereocenters. The molecule has 0 radical (unpaired) electrons. The third kappa shape index (κ3) is 6.47. The molecule has 0 bridgehead atoms. The number of carbonyl (C=O) groups is 1. The minimum Gasteiger partial charge on any atom is -0.490 e. The molecule has 3 rings (SSSR count). The van der Waals surface area contributed by atoms with Crippen LogP contribution in [-0.4, -0.2) is 23.6 Å². The van der Waals surface area contributed by atoms with Gasteiger partial charge in [0.15, 0.2) is 17.6 Å². The van der Waals surface area contributed by atoms with Crippen molar-refractivity contribution in [3.63, 3.8) is 0 Å². The Balaban J connectivity index is 1.61. The quantitative estimate of drug-likeness (QED) is 0.479. The molecule has 0 aliphatic carbocycles. The highest BCUT2D eigenvalue weighted by Gasteiger charge is 2.25. The second-order valence-corrected chi connectivity index (χ2v) is 7.59. The normalized spacial score (nSPS) is 11.4. The predicted molar refractivity (Wildman–Crippen MR) is 124 cm³/mol. The number of ether oxygens (including phenoxy) is 3. The summed E-state index contributed by atoms with van der Waals surface area (Å²) in [6.07, 6.45) is 0.917. The molecule has 33 heavy (non-hydrogen) atoms. The summed E-state index contributed by atoms with van der Waals surface area (Å²) >= 11 is 0. The molecular formula is C26H27N3O4. The lowest BCUT2D eigenvalue weighted by Gasteiger charge is -2.22. The van der Waals surface area contributed by atoms with Gasteiger partial charge < -0.3 is 19.5 Å². The molecule has 0 aliphatic heterocycles. The summed E-state index contributed by atoms with van der Waals surface area (Å²) in [4.78, 5) is 17.1. The molecule has 0 aliphatic rings. The zero-order valence-corrected chi connectivity index (χ0v) is 18.9. The monoisotopic (exact) mass is 445 g/mol. The Morgan fingerprint density at radius 1 is 1.03 bits per heavy atom. The van der Waals surface area contributed by atoms with Crippen molar-refractivity contribution in [2.75, 3.05) is 6.61 Å². The summed E-state index contributed by atoms with van der Waals surface area (Å²) in [5.41, 5.74) is 1.20. The first-order valence-corrected chi connectivity index (χ1v) is 10.8. The van der Waals surface area contributed by atoms with Crippen molar-refractivity contribution in [1.82, 2.24) is 10.3 Å². The molecule has 0 spiro atoms. The first-order valence-electron chi connectivity index (χ1n) is 10.8. The van der Waals surface area contributed by atoms with E-state index >= 15 is 0 Å². The Labute approximate surface area is 193 Å². The number of benzene rings is 2. The third-order valence-electron chi connectivity index (χ3n) is 4.75. The standard InChI is InChI=1S/C26H27N3O4/c1-4-31-22-11-7-8-12-23(22)32-24-14-13-19(16-28-24)17-29-26(30)25(18(2)3)33-21-10-6-5-9-20(21)15-27/h5-14,16,18,25H,4,17H2,1-3H3,(H,29,30). The minimum atomic E-state index is -0.731. The maximum atomic E-state index is 12.8. The number of nitrogens with one attached hydrogen (secondary N) is 1. The molecule has 1 amide bonds. The van der Waals surface area contributed by atoms with E-state index in [0.29, 0.717) is 35.3 Å². The second kappa shape index (κ2) is 11.5. The Morgan fingerprint density at radius 3 is 2.36 bits per heavy atom. The second-order valence-electron chi connectivity index (χ2n) is 7.59. The number of aromatic nitrogens is 1. The average molecular weight is 446 g/mol. The highest BCUT2D eigenvalue weighted by molar-refractivity contribution is 5.81. The van der Waals surface area contributed by atoms with Crippen LogP contribution in [0.3, 0.4) is 0 Å². The van der Waals surface area contributed by atoms with E-state index < -0.39 is 6.10 Å². The number of hydrogen-bond acceptors (Lipinski definition) is 6. The van der Waals surface area contributed by atoms with E-state index in [4.69, 9.17) is 14.2 Å². The number of carbonyl (C=O) groups excluding carboxylic acids is 1.